The van der Waals surface area contributed by atoms with E-state index in [4.69, 9.17) is 5.73 Å². The summed E-state index contributed by atoms with van der Waals surface area (Å²) in [7, 11) is 0. The van der Waals surface area contributed by atoms with Crippen molar-refractivity contribution >= 4 is 11.6 Å². The number of benzene rings is 1. The lowest BCUT2D eigenvalue weighted by atomic mass is 10.1. The standard InChI is InChI=1S/C13H17FN2O/c1-3-8-16(9-4-2)13(17)10-6-5-7-11(14)12(10)15/h3,5-7H,1,4,8-9,15H2,2H3. The van der Waals surface area contributed by atoms with Gasteiger partial charge in [-0.15, -0.1) is 6.58 Å². The second-order valence-corrected chi connectivity index (χ2v) is 3.74. The molecule has 0 aliphatic rings. The van der Waals surface area contributed by atoms with Gasteiger partial charge in [0.2, 0.25) is 0 Å². The quantitative estimate of drug-likeness (QED) is 0.630. The molecule has 0 unspecified atom stereocenters. The second kappa shape index (κ2) is 6.03. The van der Waals surface area contributed by atoms with E-state index in [1.807, 2.05) is 6.92 Å². The van der Waals surface area contributed by atoms with Gasteiger partial charge in [-0.1, -0.05) is 19.1 Å². The smallest absolute Gasteiger partial charge is 0.256 e. The number of amides is 1. The summed E-state index contributed by atoms with van der Waals surface area (Å²) in [5, 5.41) is 0. The lowest BCUT2D eigenvalue weighted by Crippen LogP contribution is -2.32. The van der Waals surface area contributed by atoms with Crippen LogP contribution in [-0.4, -0.2) is 23.9 Å². The summed E-state index contributed by atoms with van der Waals surface area (Å²) >= 11 is 0. The molecule has 0 saturated heterocycles. The number of carbonyl (C=O) groups is 1. The molecule has 0 spiro atoms. The van der Waals surface area contributed by atoms with Gasteiger partial charge < -0.3 is 10.6 Å². The molecule has 1 amide bonds. The lowest BCUT2D eigenvalue weighted by Gasteiger charge is -2.21. The third kappa shape index (κ3) is 3.06. The van der Waals surface area contributed by atoms with Crippen LogP contribution in [0.4, 0.5) is 10.1 Å². The summed E-state index contributed by atoms with van der Waals surface area (Å²) < 4.78 is 13.3. The van der Waals surface area contributed by atoms with Crippen LogP contribution in [0.25, 0.3) is 0 Å². The number of carbonyl (C=O) groups excluding carboxylic acids is 1. The molecule has 0 atom stereocenters. The monoisotopic (exact) mass is 236 g/mol. The molecule has 0 heterocycles. The Hall–Kier alpha value is -1.84. The van der Waals surface area contributed by atoms with Crippen LogP contribution in [0.5, 0.6) is 0 Å². The van der Waals surface area contributed by atoms with Crippen molar-refractivity contribution in [2.45, 2.75) is 13.3 Å². The first-order chi connectivity index (χ1) is 8.11. The molecule has 1 aromatic carbocycles. The topological polar surface area (TPSA) is 46.3 Å². The average Bonchev–Trinajstić information content (AvgIpc) is 2.31. The van der Waals surface area contributed by atoms with Crippen LogP contribution in [0, 0.1) is 5.82 Å². The predicted molar refractivity (Wildman–Crippen MR) is 67.2 cm³/mol. The van der Waals surface area contributed by atoms with Crippen molar-refractivity contribution in [3.05, 3.63) is 42.2 Å². The van der Waals surface area contributed by atoms with E-state index >= 15 is 0 Å². The van der Waals surface area contributed by atoms with Crippen LogP contribution in [0.2, 0.25) is 0 Å². The van der Waals surface area contributed by atoms with Crippen molar-refractivity contribution in [1.82, 2.24) is 4.90 Å². The summed E-state index contributed by atoms with van der Waals surface area (Å²) in [6.07, 6.45) is 2.47. The Kier molecular flexibility index (Phi) is 4.69. The molecule has 0 bridgehead atoms. The van der Waals surface area contributed by atoms with Gasteiger partial charge >= 0.3 is 0 Å². The maximum Gasteiger partial charge on any atom is 0.256 e. The first-order valence-electron chi connectivity index (χ1n) is 5.56. The molecule has 0 radical (unpaired) electrons. The van der Waals surface area contributed by atoms with Crippen molar-refractivity contribution in [1.29, 1.82) is 0 Å². The lowest BCUT2D eigenvalue weighted by molar-refractivity contribution is 0.0774. The Labute approximate surface area is 101 Å². The highest BCUT2D eigenvalue weighted by Crippen LogP contribution is 2.17. The molecule has 0 aliphatic heterocycles. The van der Waals surface area contributed by atoms with Crippen molar-refractivity contribution in [2.24, 2.45) is 0 Å². The Bertz CT molecular complexity index is 418. The number of nitrogens with two attached hydrogens (primary N) is 1. The van der Waals surface area contributed by atoms with Crippen LogP contribution < -0.4 is 5.73 Å². The second-order valence-electron chi connectivity index (χ2n) is 3.74. The van der Waals surface area contributed by atoms with Crippen molar-refractivity contribution in [3.63, 3.8) is 0 Å². The molecule has 0 aliphatic carbocycles. The number of hydrogen-bond acceptors (Lipinski definition) is 2. The molecule has 4 heteroatoms. The van der Waals surface area contributed by atoms with Gasteiger partial charge in [0.05, 0.1) is 11.3 Å². The van der Waals surface area contributed by atoms with Crippen molar-refractivity contribution < 1.29 is 9.18 Å². The zero-order valence-electron chi connectivity index (χ0n) is 9.95. The van der Waals surface area contributed by atoms with E-state index < -0.39 is 5.82 Å². The molecular weight excluding hydrogens is 219 g/mol. The average molecular weight is 236 g/mol. The maximum atomic E-state index is 13.3. The van der Waals surface area contributed by atoms with Crippen molar-refractivity contribution in [2.75, 3.05) is 18.8 Å². The summed E-state index contributed by atoms with van der Waals surface area (Å²) in [6, 6.07) is 4.26. The number of para-hydroxylation sites is 1. The first-order valence-corrected chi connectivity index (χ1v) is 5.56. The Morgan fingerprint density at radius 2 is 2.29 bits per heavy atom. The number of hydrogen-bond donors (Lipinski definition) is 1. The van der Waals surface area contributed by atoms with E-state index in [0.29, 0.717) is 13.1 Å². The van der Waals surface area contributed by atoms with Gasteiger partial charge in [-0.25, -0.2) is 4.39 Å². The molecule has 92 valence electrons. The minimum atomic E-state index is -0.564. The van der Waals surface area contributed by atoms with Crippen LogP contribution in [0.3, 0.4) is 0 Å². The van der Waals surface area contributed by atoms with Crippen LogP contribution >= 0.6 is 0 Å². The molecule has 3 nitrogen and oxygen atoms in total. The molecule has 0 saturated carbocycles. The van der Waals surface area contributed by atoms with E-state index in [2.05, 4.69) is 6.58 Å². The summed E-state index contributed by atoms with van der Waals surface area (Å²) in [5.41, 5.74) is 5.68. The fourth-order valence-corrected chi connectivity index (χ4v) is 1.60. The minimum absolute atomic E-state index is 0.0948. The molecule has 1 aromatic rings. The third-order valence-electron chi connectivity index (χ3n) is 2.41. The van der Waals surface area contributed by atoms with Crippen molar-refractivity contribution in [3.8, 4) is 0 Å². The fraction of sp³-hybridized carbons (Fsp3) is 0.308. The van der Waals surface area contributed by atoms with Gasteiger partial charge in [0.15, 0.2) is 0 Å². The maximum absolute atomic E-state index is 13.3. The zero-order valence-corrected chi connectivity index (χ0v) is 9.95. The highest BCUT2D eigenvalue weighted by atomic mass is 19.1. The van der Waals surface area contributed by atoms with E-state index in [0.717, 1.165) is 6.42 Å². The normalized spacial score (nSPS) is 10.0. The third-order valence-corrected chi connectivity index (χ3v) is 2.41. The molecule has 2 N–H and O–H groups in total. The highest BCUT2D eigenvalue weighted by Gasteiger charge is 2.17. The van der Waals surface area contributed by atoms with Gasteiger partial charge in [-0.3, -0.25) is 4.79 Å². The SMILES string of the molecule is C=CCN(CCC)C(=O)c1cccc(F)c1N. The molecule has 17 heavy (non-hydrogen) atoms. The molecule has 0 fully saturated rings. The largest absolute Gasteiger partial charge is 0.396 e. The Morgan fingerprint density at radius 3 is 2.88 bits per heavy atom. The highest BCUT2D eigenvalue weighted by molar-refractivity contribution is 5.99. The van der Waals surface area contributed by atoms with Crippen LogP contribution in [0.15, 0.2) is 30.9 Å². The molecule has 0 aromatic heterocycles. The van der Waals surface area contributed by atoms with Gasteiger partial charge in [0, 0.05) is 13.1 Å². The number of nitrogens with zero attached hydrogens (tertiary/aromatic N) is 1. The summed E-state index contributed by atoms with van der Waals surface area (Å²) in [4.78, 5) is 13.7. The fourth-order valence-electron chi connectivity index (χ4n) is 1.60. The van der Waals surface area contributed by atoms with E-state index in [1.165, 1.54) is 18.2 Å². The first kappa shape index (κ1) is 13.2. The number of rotatable bonds is 5. The summed E-state index contributed by atoms with van der Waals surface area (Å²) in [5.74, 6) is -0.824. The zero-order chi connectivity index (χ0) is 12.8. The number of halogens is 1. The minimum Gasteiger partial charge on any atom is -0.396 e. The summed E-state index contributed by atoms with van der Waals surface area (Å²) in [6.45, 7) is 6.60. The Morgan fingerprint density at radius 1 is 1.59 bits per heavy atom. The van der Waals surface area contributed by atoms with Gasteiger partial charge in [0.25, 0.3) is 5.91 Å². The van der Waals surface area contributed by atoms with Crippen LogP contribution in [-0.2, 0) is 0 Å². The number of anilines is 1. The van der Waals surface area contributed by atoms with E-state index in [-0.39, 0.29) is 17.2 Å². The van der Waals surface area contributed by atoms with E-state index in [9.17, 15) is 9.18 Å². The van der Waals surface area contributed by atoms with E-state index in [1.54, 1.807) is 11.0 Å². The number of nitrogen functional groups attached to an aromatic ring is 1. The molecule has 1 rings (SSSR count). The molecular formula is C13H17FN2O. The Balaban J connectivity index is 3.00. The predicted octanol–water partition coefficient (Wildman–Crippen LogP) is 2.45. The van der Waals surface area contributed by atoms with Crippen LogP contribution in [0.1, 0.15) is 23.7 Å². The van der Waals surface area contributed by atoms with Gasteiger partial charge in [-0.05, 0) is 18.6 Å². The van der Waals surface area contributed by atoms with Gasteiger partial charge in [-0.2, -0.15) is 0 Å². The van der Waals surface area contributed by atoms with Gasteiger partial charge in [0.1, 0.15) is 5.82 Å².